The van der Waals surface area contributed by atoms with Crippen LogP contribution >= 0.6 is 0 Å². The van der Waals surface area contributed by atoms with Gasteiger partial charge in [0.15, 0.2) is 0 Å². The van der Waals surface area contributed by atoms with Crippen molar-refractivity contribution in [3.63, 3.8) is 0 Å². The van der Waals surface area contributed by atoms with E-state index in [0.29, 0.717) is 17.9 Å². The normalized spacial score (nSPS) is 11.9. The van der Waals surface area contributed by atoms with Crippen LogP contribution in [0.5, 0.6) is 5.75 Å². The first-order valence-electron chi connectivity index (χ1n) is 10.3. The molecule has 3 aromatic rings. The van der Waals surface area contributed by atoms with Gasteiger partial charge in [-0.15, -0.1) is 0 Å². The van der Waals surface area contributed by atoms with Crippen LogP contribution in [0.2, 0.25) is 0 Å². The summed E-state index contributed by atoms with van der Waals surface area (Å²) in [5, 5.41) is 2.45. The molecule has 1 amide bonds. The minimum Gasteiger partial charge on any atom is -0.494 e. The van der Waals surface area contributed by atoms with Crippen molar-refractivity contribution in [2.24, 2.45) is 0 Å². The van der Waals surface area contributed by atoms with Gasteiger partial charge in [-0.1, -0.05) is 30.3 Å². The fourth-order valence-corrected chi connectivity index (χ4v) is 4.52. The lowest BCUT2D eigenvalue weighted by atomic mass is 10.2. The van der Waals surface area contributed by atoms with Gasteiger partial charge < -0.3 is 10.1 Å². The van der Waals surface area contributed by atoms with E-state index in [-0.39, 0.29) is 17.1 Å². The Hall–Kier alpha value is -3.37. The number of nitrogens with zero attached hydrogens (tertiary/aromatic N) is 1. The molecule has 0 fully saturated rings. The third-order valence-electron chi connectivity index (χ3n) is 4.79. The summed E-state index contributed by atoms with van der Waals surface area (Å²) in [5.41, 5.74) is -0.0650. The number of hydrogen-bond acceptors (Lipinski definition) is 4. The molecule has 0 aliphatic heterocycles. The number of rotatable bonds is 9. The molecule has 3 aromatic carbocycles. The number of amides is 1. The van der Waals surface area contributed by atoms with Crippen molar-refractivity contribution in [1.82, 2.24) is 4.31 Å². The Kier molecular flexibility index (Phi) is 7.95. The van der Waals surface area contributed by atoms with Gasteiger partial charge in [0, 0.05) is 12.2 Å². The minimum absolute atomic E-state index is 0.0192. The molecule has 6 nitrogen and oxygen atoms in total. The highest BCUT2D eigenvalue weighted by atomic mass is 32.2. The lowest BCUT2D eigenvalue weighted by Crippen LogP contribution is -2.37. The maximum absolute atomic E-state index is 13.3. The molecule has 0 saturated heterocycles. The second-order valence-electron chi connectivity index (χ2n) is 7.29. The minimum atomic E-state index is -4.50. The van der Waals surface area contributed by atoms with Gasteiger partial charge in [0.2, 0.25) is 15.9 Å². The number of hydrogen-bond donors (Lipinski definition) is 1. The van der Waals surface area contributed by atoms with Crippen LogP contribution in [0.4, 0.5) is 18.9 Å². The molecule has 10 heteroatoms. The number of benzene rings is 3. The van der Waals surface area contributed by atoms with Crippen LogP contribution in [0, 0.1) is 0 Å². The molecule has 0 aliphatic carbocycles. The van der Waals surface area contributed by atoms with Gasteiger partial charge in [0.1, 0.15) is 5.75 Å². The monoisotopic (exact) mass is 492 g/mol. The first-order chi connectivity index (χ1) is 16.1. The summed E-state index contributed by atoms with van der Waals surface area (Å²) < 4.78 is 71.3. The number of carbonyl (C=O) groups excluding carboxylic acids is 1. The predicted octanol–water partition coefficient (Wildman–Crippen LogP) is 4.93. The van der Waals surface area contributed by atoms with E-state index in [4.69, 9.17) is 4.74 Å². The summed E-state index contributed by atoms with van der Waals surface area (Å²) >= 11 is 0. The molecule has 0 aromatic heterocycles. The number of nitrogens with one attached hydrogen (secondary N) is 1. The van der Waals surface area contributed by atoms with Crippen LogP contribution in [0.25, 0.3) is 0 Å². The second kappa shape index (κ2) is 10.7. The Morgan fingerprint density at radius 3 is 2.12 bits per heavy atom. The van der Waals surface area contributed by atoms with Crippen LogP contribution in [-0.2, 0) is 27.5 Å². The predicted molar refractivity (Wildman–Crippen MR) is 122 cm³/mol. The van der Waals surface area contributed by atoms with E-state index in [1.54, 1.807) is 30.3 Å². The maximum atomic E-state index is 13.3. The lowest BCUT2D eigenvalue weighted by molar-refractivity contribution is -0.137. The number of halogens is 3. The average molecular weight is 493 g/mol. The topological polar surface area (TPSA) is 75.7 Å². The molecular weight excluding hydrogens is 469 g/mol. The van der Waals surface area contributed by atoms with E-state index in [2.05, 4.69) is 5.32 Å². The molecule has 0 heterocycles. The smallest absolute Gasteiger partial charge is 0.416 e. The van der Waals surface area contributed by atoms with Crippen LogP contribution in [0.1, 0.15) is 18.1 Å². The summed E-state index contributed by atoms with van der Waals surface area (Å²) in [5.74, 6) is -0.179. The highest BCUT2D eigenvalue weighted by Gasteiger charge is 2.30. The number of alkyl halides is 3. The zero-order valence-corrected chi connectivity index (χ0v) is 19.1. The van der Waals surface area contributed by atoms with Crippen molar-refractivity contribution in [1.29, 1.82) is 0 Å². The Morgan fingerprint density at radius 1 is 0.941 bits per heavy atom. The van der Waals surface area contributed by atoms with E-state index >= 15 is 0 Å². The fraction of sp³-hybridized carbons (Fsp3) is 0.208. The van der Waals surface area contributed by atoms with Crippen molar-refractivity contribution < 1.29 is 31.1 Å². The van der Waals surface area contributed by atoms with Crippen LogP contribution < -0.4 is 10.1 Å². The molecule has 0 bridgehead atoms. The van der Waals surface area contributed by atoms with Crippen molar-refractivity contribution in [3.05, 3.63) is 90.0 Å². The quantitative estimate of drug-likeness (QED) is 0.460. The molecule has 180 valence electrons. The summed E-state index contributed by atoms with van der Waals surface area (Å²) in [4.78, 5) is 12.6. The summed E-state index contributed by atoms with van der Waals surface area (Å²) in [7, 11) is -4.08. The number of ether oxygens (including phenoxy) is 1. The van der Waals surface area contributed by atoms with Gasteiger partial charge >= 0.3 is 6.18 Å². The van der Waals surface area contributed by atoms with Gasteiger partial charge in [-0.25, -0.2) is 8.42 Å². The van der Waals surface area contributed by atoms with Crippen LogP contribution in [0.3, 0.4) is 0 Å². The number of sulfonamides is 1. The van der Waals surface area contributed by atoms with Crippen LogP contribution in [0.15, 0.2) is 83.8 Å². The van der Waals surface area contributed by atoms with Gasteiger partial charge in [0.05, 0.1) is 23.6 Å². The summed E-state index contributed by atoms with van der Waals surface area (Å²) in [6.07, 6.45) is -4.50. The van der Waals surface area contributed by atoms with E-state index in [1.807, 2.05) is 6.92 Å². The Bertz CT molecular complexity index is 1200. The largest absolute Gasteiger partial charge is 0.494 e. The van der Waals surface area contributed by atoms with Crippen molar-refractivity contribution in [2.45, 2.75) is 24.5 Å². The average Bonchev–Trinajstić information content (AvgIpc) is 2.80. The molecule has 34 heavy (non-hydrogen) atoms. The van der Waals surface area contributed by atoms with E-state index in [0.717, 1.165) is 28.6 Å². The highest BCUT2D eigenvalue weighted by Crippen LogP contribution is 2.30. The van der Waals surface area contributed by atoms with Crippen LogP contribution in [-0.4, -0.2) is 31.8 Å². The Morgan fingerprint density at radius 2 is 1.56 bits per heavy atom. The van der Waals surface area contributed by atoms with Crippen molar-refractivity contribution in [2.75, 3.05) is 18.5 Å². The standard InChI is InChI=1S/C24H23F3N2O4S/c1-2-33-21-12-14-22(15-13-21)34(31,32)29(16-18-6-4-3-5-7-18)17-23(30)28-20-10-8-19(9-11-20)24(25,26)27/h3-15H,2,16-17H2,1H3,(H,28,30). The Labute approximate surface area is 196 Å². The first kappa shape index (κ1) is 25.3. The third kappa shape index (κ3) is 6.58. The SMILES string of the molecule is CCOc1ccc(S(=O)(=O)N(CC(=O)Nc2ccc(C(F)(F)F)cc2)Cc2ccccc2)cc1. The molecule has 1 N–H and O–H groups in total. The zero-order valence-electron chi connectivity index (χ0n) is 18.2. The maximum Gasteiger partial charge on any atom is 0.416 e. The fourth-order valence-electron chi connectivity index (χ4n) is 3.14. The molecule has 0 saturated carbocycles. The van der Waals surface area contributed by atoms with E-state index < -0.39 is 34.2 Å². The van der Waals surface area contributed by atoms with E-state index in [1.165, 1.54) is 24.3 Å². The van der Waals surface area contributed by atoms with Gasteiger partial charge in [-0.05, 0) is 61.0 Å². The van der Waals surface area contributed by atoms with Gasteiger partial charge in [0.25, 0.3) is 0 Å². The highest BCUT2D eigenvalue weighted by molar-refractivity contribution is 7.89. The molecular formula is C24H23F3N2O4S. The summed E-state index contributed by atoms with van der Waals surface area (Å²) in [6, 6.07) is 18.5. The molecule has 0 atom stereocenters. The third-order valence-corrected chi connectivity index (χ3v) is 6.60. The first-order valence-corrected chi connectivity index (χ1v) is 11.8. The molecule has 0 aliphatic rings. The lowest BCUT2D eigenvalue weighted by Gasteiger charge is -2.22. The molecule has 3 rings (SSSR count). The molecule has 0 spiro atoms. The van der Waals surface area contributed by atoms with Gasteiger partial charge in [-0.2, -0.15) is 17.5 Å². The second-order valence-corrected chi connectivity index (χ2v) is 9.22. The Balaban J connectivity index is 1.81. The number of anilines is 1. The molecule has 0 unspecified atom stereocenters. The van der Waals surface area contributed by atoms with Crippen molar-refractivity contribution in [3.8, 4) is 5.75 Å². The van der Waals surface area contributed by atoms with Gasteiger partial charge in [-0.3, -0.25) is 4.79 Å². The zero-order chi connectivity index (χ0) is 24.8. The molecule has 0 radical (unpaired) electrons. The summed E-state index contributed by atoms with van der Waals surface area (Å²) in [6.45, 7) is 1.63. The van der Waals surface area contributed by atoms with E-state index in [9.17, 15) is 26.4 Å². The number of carbonyl (C=O) groups is 1. The van der Waals surface area contributed by atoms with Crippen molar-refractivity contribution >= 4 is 21.6 Å².